The van der Waals surface area contributed by atoms with Gasteiger partial charge in [0.05, 0.1) is 11.9 Å². The van der Waals surface area contributed by atoms with Crippen LogP contribution in [0.2, 0.25) is 0 Å². The van der Waals surface area contributed by atoms with Gasteiger partial charge in [-0.1, -0.05) is 36.4 Å². The first-order valence-electron chi connectivity index (χ1n) is 8.57. The van der Waals surface area contributed by atoms with Gasteiger partial charge in [0.1, 0.15) is 5.03 Å². The summed E-state index contributed by atoms with van der Waals surface area (Å²) >= 11 is 1.72. The van der Waals surface area contributed by atoms with Crippen LogP contribution in [0, 0.1) is 0 Å². The number of rotatable bonds is 3. The molecule has 0 radical (unpaired) electrons. The molecule has 1 aromatic carbocycles. The van der Waals surface area contributed by atoms with Gasteiger partial charge in [0, 0.05) is 30.1 Å². The molecule has 3 heterocycles. The summed E-state index contributed by atoms with van der Waals surface area (Å²) in [6.45, 7) is 2.25. The number of nitrogens with zero attached hydrogens (tertiary/aromatic N) is 2. The maximum Gasteiger partial charge on any atom is 0.101 e. The molecular formula is C19H23N3S. The van der Waals surface area contributed by atoms with Gasteiger partial charge in [-0.2, -0.15) is 0 Å². The van der Waals surface area contributed by atoms with E-state index >= 15 is 0 Å². The van der Waals surface area contributed by atoms with Crippen LogP contribution in [0.15, 0.2) is 58.6 Å². The van der Waals surface area contributed by atoms with Gasteiger partial charge in [-0.25, -0.2) is 4.98 Å². The number of nitrogens with one attached hydrogen (secondary N) is 1. The third-order valence-corrected chi connectivity index (χ3v) is 5.77. The van der Waals surface area contributed by atoms with Crippen molar-refractivity contribution >= 4 is 17.4 Å². The van der Waals surface area contributed by atoms with Gasteiger partial charge in [0.25, 0.3) is 0 Å². The number of benzene rings is 1. The Morgan fingerprint density at radius 3 is 2.70 bits per heavy atom. The average molecular weight is 325 g/mol. The van der Waals surface area contributed by atoms with E-state index in [-0.39, 0.29) is 0 Å². The van der Waals surface area contributed by atoms with Crippen LogP contribution in [0.4, 0.5) is 5.69 Å². The standard InChI is InChI=1S/C19H23N3S/c1-2-7-18(8-3-1)23-19-10-9-17(13-20-19)22-12-11-15-5-4-6-16(14-22)21-15/h1-3,7-10,13,15-16,21H,4-6,11-12,14H2. The minimum absolute atomic E-state index is 0.648. The summed E-state index contributed by atoms with van der Waals surface area (Å²) in [6, 6.07) is 16.2. The molecule has 0 saturated carbocycles. The van der Waals surface area contributed by atoms with E-state index in [0.29, 0.717) is 6.04 Å². The molecule has 2 aliphatic rings. The van der Waals surface area contributed by atoms with E-state index < -0.39 is 0 Å². The van der Waals surface area contributed by atoms with Gasteiger partial charge in [0.15, 0.2) is 0 Å². The highest BCUT2D eigenvalue weighted by Crippen LogP contribution is 2.28. The van der Waals surface area contributed by atoms with Crippen molar-refractivity contribution in [2.75, 3.05) is 18.0 Å². The first-order valence-corrected chi connectivity index (χ1v) is 9.38. The van der Waals surface area contributed by atoms with Crippen LogP contribution in [-0.4, -0.2) is 30.2 Å². The Morgan fingerprint density at radius 2 is 1.87 bits per heavy atom. The van der Waals surface area contributed by atoms with E-state index in [1.54, 1.807) is 11.8 Å². The summed E-state index contributed by atoms with van der Waals surface area (Å²) < 4.78 is 0. The van der Waals surface area contributed by atoms with Crippen molar-refractivity contribution in [1.82, 2.24) is 10.3 Å². The lowest BCUT2D eigenvalue weighted by atomic mass is 9.98. The Bertz CT molecular complexity index is 629. The van der Waals surface area contributed by atoms with Crippen LogP contribution in [0.3, 0.4) is 0 Å². The first kappa shape index (κ1) is 15.0. The summed E-state index contributed by atoms with van der Waals surface area (Å²) in [7, 11) is 0. The maximum atomic E-state index is 4.67. The van der Waals surface area contributed by atoms with Crippen LogP contribution in [-0.2, 0) is 0 Å². The molecule has 1 aromatic heterocycles. The number of fused-ring (bicyclic) bond motifs is 2. The predicted octanol–water partition coefficient (Wildman–Crippen LogP) is 3.95. The predicted molar refractivity (Wildman–Crippen MR) is 96.2 cm³/mol. The summed E-state index contributed by atoms with van der Waals surface area (Å²) in [5, 5.41) is 4.85. The second-order valence-corrected chi connectivity index (χ2v) is 7.59. The first-order chi connectivity index (χ1) is 11.4. The van der Waals surface area contributed by atoms with E-state index in [2.05, 4.69) is 51.6 Å². The van der Waals surface area contributed by atoms with Crippen molar-refractivity contribution in [2.24, 2.45) is 0 Å². The molecule has 2 unspecified atom stereocenters. The fourth-order valence-corrected chi connectivity index (χ4v) is 4.39. The van der Waals surface area contributed by atoms with Gasteiger partial charge in [0.2, 0.25) is 0 Å². The van der Waals surface area contributed by atoms with Crippen molar-refractivity contribution in [3.63, 3.8) is 0 Å². The molecule has 2 aliphatic heterocycles. The van der Waals surface area contributed by atoms with Gasteiger partial charge < -0.3 is 10.2 Å². The SMILES string of the molecule is c1ccc(Sc2ccc(N3CCC4CCCC(C3)N4)cn2)cc1. The smallest absolute Gasteiger partial charge is 0.101 e. The van der Waals surface area contributed by atoms with E-state index in [0.717, 1.165) is 24.2 Å². The van der Waals surface area contributed by atoms with E-state index in [1.165, 1.54) is 36.3 Å². The molecule has 2 bridgehead atoms. The monoisotopic (exact) mass is 325 g/mol. The average Bonchev–Trinajstić information content (AvgIpc) is 2.74. The van der Waals surface area contributed by atoms with Gasteiger partial charge >= 0.3 is 0 Å². The van der Waals surface area contributed by atoms with E-state index in [4.69, 9.17) is 0 Å². The zero-order chi connectivity index (χ0) is 15.5. The highest BCUT2D eigenvalue weighted by molar-refractivity contribution is 7.99. The third kappa shape index (κ3) is 3.70. The lowest BCUT2D eigenvalue weighted by Crippen LogP contribution is -2.44. The summed E-state index contributed by atoms with van der Waals surface area (Å²) in [6.07, 6.45) is 7.32. The number of hydrogen-bond acceptors (Lipinski definition) is 4. The maximum absolute atomic E-state index is 4.67. The summed E-state index contributed by atoms with van der Waals surface area (Å²) in [5.74, 6) is 0. The molecule has 4 heteroatoms. The number of pyridine rings is 1. The number of anilines is 1. The Labute approximate surface area is 142 Å². The molecule has 0 aliphatic carbocycles. The largest absolute Gasteiger partial charge is 0.369 e. The quantitative estimate of drug-likeness (QED) is 0.925. The van der Waals surface area contributed by atoms with Gasteiger partial charge in [-0.05, 0) is 43.5 Å². The fourth-order valence-electron chi connectivity index (χ4n) is 3.62. The van der Waals surface area contributed by atoms with Gasteiger partial charge in [-0.3, -0.25) is 0 Å². The van der Waals surface area contributed by atoms with Gasteiger partial charge in [-0.15, -0.1) is 0 Å². The third-order valence-electron chi connectivity index (χ3n) is 4.82. The molecule has 0 spiro atoms. The highest BCUT2D eigenvalue weighted by Gasteiger charge is 2.27. The van der Waals surface area contributed by atoms with Crippen LogP contribution in [0.5, 0.6) is 0 Å². The zero-order valence-corrected chi connectivity index (χ0v) is 14.1. The lowest BCUT2D eigenvalue weighted by molar-refractivity contribution is 0.336. The molecule has 4 rings (SSSR count). The Kier molecular flexibility index (Phi) is 4.53. The molecule has 3 nitrogen and oxygen atoms in total. The lowest BCUT2D eigenvalue weighted by Gasteiger charge is -2.29. The van der Waals surface area contributed by atoms with Crippen molar-refractivity contribution in [2.45, 2.75) is 47.7 Å². The molecule has 2 fully saturated rings. The molecule has 0 amide bonds. The molecule has 23 heavy (non-hydrogen) atoms. The van der Waals surface area contributed by atoms with E-state index in [9.17, 15) is 0 Å². The molecule has 120 valence electrons. The van der Waals surface area contributed by atoms with Crippen LogP contribution < -0.4 is 10.2 Å². The molecule has 1 N–H and O–H groups in total. The second-order valence-electron chi connectivity index (χ2n) is 6.50. The van der Waals surface area contributed by atoms with Crippen LogP contribution >= 0.6 is 11.8 Å². The second kappa shape index (κ2) is 6.93. The number of hydrogen-bond donors (Lipinski definition) is 1. The fraction of sp³-hybridized carbons (Fsp3) is 0.421. The minimum Gasteiger partial charge on any atom is -0.369 e. The van der Waals surface area contributed by atoms with Crippen molar-refractivity contribution in [3.8, 4) is 0 Å². The van der Waals surface area contributed by atoms with Crippen molar-refractivity contribution < 1.29 is 0 Å². The normalized spacial score (nSPS) is 24.3. The van der Waals surface area contributed by atoms with Crippen molar-refractivity contribution in [1.29, 1.82) is 0 Å². The number of piperidine rings is 1. The van der Waals surface area contributed by atoms with E-state index in [1.807, 2.05) is 12.3 Å². The Hall–Kier alpha value is -1.52. The molecular weight excluding hydrogens is 302 g/mol. The summed E-state index contributed by atoms with van der Waals surface area (Å²) in [5.41, 5.74) is 1.26. The van der Waals surface area contributed by atoms with Crippen molar-refractivity contribution in [3.05, 3.63) is 48.7 Å². The Morgan fingerprint density at radius 1 is 1.00 bits per heavy atom. The zero-order valence-electron chi connectivity index (χ0n) is 13.3. The molecule has 2 aromatic rings. The summed E-state index contributed by atoms with van der Waals surface area (Å²) in [4.78, 5) is 8.41. The molecule has 2 atom stereocenters. The highest BCUT2D eigenvalue weighted by atomic mass is 32.2. The Balaban J connectivity index is 1.45. The minimum atomic E-state index is 0.648. The van der Waals surface area contributed by atoms with Crippen LogP contribution in [0.1, 0.15) is 25.7 Å². The number of aromatic nitrogens is 1. The van der Waals surface area contributed by atoms with Crippen LogP contribution in [0.25, 0.3) is 0 Å². The topological polar surface area (TPSA) is 28.2 Å². The molecule has 2 saturated heterocycles.